The first kappa shape index (κ1) is 13.8. The lowest BCUT2D eigenvalue weighted by Gasteiger charge is -2.16. The third-order valence-corrected chi connectivity index (χ3v) is 3.56. The molecule has 3 nitrogen and oxygen atoms in total. The molecule has 0 saturated heterocycles. The van der Waals surface area contributed by atoms with Gasteiger partial charge < -0.3 is 5.32 Å². The van der Waals surface area contributed by atoms with E-state index in [2.05, 4.69) is 54.6 Å². The van der Waals surface area contributed by atoms with Gasteiger partial charge in [-0.25, -0.2) is 0 Å². The van der Waals surface area contributed by atoms with Crippen LogP contribution in [0.3, 0.4) is 0 Å². The largest absolute Gasteiger partial charge is 0.311 e. The van der Waals surface area contributed by atoms with Crippen LogP contribution < -0.4 is 5.32 Å². The van der Waals surface area contributed by atoms with E-state index in [0.717, 1.165) is 18.5 Å². The van der Waals surface area contributed by atoms with Crippen molar-refractivity contribution in [2.75, 3.05) is 7.05 Å². The first-order valence-corrected chi connectivity index (χ1v) is 6.89. The van der Waals surface area contributed by atoms with E-state index >= 15 is 0 Å². The zero-order chi connectivity index (χ0) is 13.8. The topological polar surface area (TPSA) is 29.9 Å². The molecule has 1 N–H and O–H groups in total. The molecule has 0 radical (unpaired) electrons. The van der Waals surface area contributed by atoms with Gasteiger partial charge in [0.1, 0.15) is 0 Å². The summed E-state index contributed by atoms with van der Waals surface area (Å²) in [5.74, 6) is 0. The van der Waals surface area contributed by atoms with Crippen molar-refractivity contribution in [1.82, 2.24) is 15.1 Å². The number of aromatic nitrogens is 2. The summed E-state index contributed by atoms with van der Waals surface area (Å²) < 4.78 is 2.00. The van der Waals surface area contributed by atoms with Crippen molar-refractivity contribution in [3.8, 4) is 0 Å². The Morgan fingerprint density at radius 2 is 2.11 bits per heavy atom. The summed E-state index contributed by atoms with van der Waals surface area (Å²) in [6.07, 6.45) is 1.97. The highest BCUT2D eigenvalue weighted by molar-refractivity contribution is 5.25. The summed E-state index contributed by atoms with van der Waals surface area (Å²) in [6.45, 7) is 4.28. The van der Waals surface area contributed by atoms with Crippen molar-refractivity contribution in [2.45, 2.75) is 32.7 Å². The summed E-state index contributed by atoms with van der Waals surface area (Å²) in [7, 11) is 4.04. The molecule has 3 heteroatoms. The normalized spacial score (nSPS) is 12.6. The lowest BCUT2D eigenvalue weighted by Crippen LogP contribution is -2.21. The number of nitrogens with zero attached hydrogens (tertiary/aromatic N) is 2. The molecule has 1 aromatic carbocycles. The van der Waals surface area contributed by atoms with Crippen LogP contribution in [0.1, 0.15) is 35.5 Å². The minimum absolute atomic E-state index is 0.305. The fourth-order valence-electron chi connectivity index (χ4n) is 2.47. The molecule has 1 heterocycles. The molecule has 0 aliphatic heterocycles. The molecule has 0 saturated carbocycles. The zero-order valence-electron chi connectivity index (χ0n) is 12.3. The van der Waals surface area contributed by atoms with Gasteiger partial charge in [0.05, 0.1) is 17.4 Å². The van der Waals surface area contributed by atoms with E-state index < -0.39 is 0 Å². The van der Waals surface area contributed by atoms with Crippen LogP contribution in [0.15, 0.2) is 30.3 Å². The quantitative estimate of drug-likeness (QED) is 0.892. The van der Waals surface area contributed by atoms with Crippen LogP contribution in [0.25, 0.3) is 0 Å². The standard InChI is InChI=1S/C16H23N3/c1-5-14-11-16(19(4)18-14)15(17-3)10-13-8-6-7-12(2)9-13/h6-9,11,15,17H,5,10H2,1-4H3. The van der Waals surface area contributed by atoms with Crippen LogP contribution in [0.2, 0.25) is 0 Å². The van der Waals surface area contributed by atoms with Gasteiger partial charge in [-0.05, 0) is 38.4 Å². The molecule has 2 rings (SSSR count). The molecule has 0 aliphatic carbocycles. The number of rotatable bonds is 5. The number of hydrogen-bond donors (Lipinski definition) is 1. The molecule has 1 unspecified atom stereocenters. The van der Waals surface area contributed by atoms with Crippen molar-refractivity contribution in [1.29, 1.82) is 0 Å². The lowest BCUT2D eigenvalue weighted by molar-refractivity contribution is 0.536. The monoisotopic (exact) mass is 257 g/mol. The Morgan fingerprint density at radius 1 is 1.32 bits per heavy atom. The van der Waals surface area contributed by atoms with E-state index in [0.29, 0.717) is 6.04 Å². The van der Waals surface area contributed by atoms with Crippen molar-refractivity contribution in [2.24, 2.45) is 7.05 Å². The molecule has 1 aromatic heterocycles. The van der Waals surface area contributed by atoms with E-state index in [9.17, 15) is 0 Å². The third-order valence-electron chi connectivity index (χ3n) is 3.56. The predicted octanol–water partition coefficient (Wildman–Crippen LogP) is 2.79. The minimum atomic E-state index is 0.305. The fourth-order valence-corrected chi connectivity index (χ4v) is 2.47. The maximum atomic E-state index is 4.53. The number of benzene rings is 1. The highest BCUT2D eigenvalue weighted by Gasteiger charge is 2.15. The van der Waals surface area contributed by atoms with Crippen LogP contribution in [-0.4, -0.2) is 16.8 Å². The van der Waals surface area contributed by atoms with Gasteiger partial charge in [0.25, 0.3) is 0 Å². The van der Waals surface area contributed by atoms with Crippen molar-refractivity contribution < 1.29 is 0 Å². The minimum Gasteiger partial charge on any atom is -0.311 e. The van der Waals surface area contributed by atoms with E-state index in [-0.39, 0.29) is 0 Å². The fraction of sp³-hybridized carbons (Fsp3) is 0.438. The van der Waals surface area contributed by atoms with Gasteiger partial charge in [0, 0.05) is 7.05 Å². The molecule has 1 atom stereocenters. The van der Waals surface area contributed by atoms with E-state index in [1.54, 1.807) is 0 Å². The van der Waals surface area contributed by atoms with Gasteiger partial charge in [-0.15, -0.1) is 0 Å². The van der Waals surface area contributed by atoms with Gasteiger partial charge in [-0.2, -0.15) is 5.10 Å². The van der Waals surface area contributed by atoms with E-state index in [1.807, 2.05) is 18.8 Å². The van der Waals surface area contributed by atoms with Crippen LogP contribution in [0.4, 0.5) is 0 Å². The van der Waals surface area contributed by atoms with Crippen LogP contribution >= 0.6 is 0 Å². The number of aryl methyl sites for hydroxylation is 3. The summed E-state index contributed by atoms with van der Waals surface area (Å²) in [5.41, 5.74) is 5.08. The zero-order valence-corrected chi connectivity index (χ0v) is 12.3. The summed E-state index contributed by atoms with van der Waals surface area (Å²) >= 11 is 0. The van der Waals surface area contributed by atoms with Gasteiger partial charge in [0.15, 0.2) is 0 Å². The predicted molar refractivity (Wildman–Crippen MR) is 79.3 cm³/mol. The number of likely N-dealkylation sites (N-methyl/N-ethyl adjacent to an activating group) is 1. The Kier molecular flexibility index (Phi) is 4.38. The molecule has 0 spiro atoms. The summed E-state index contributed by atoms with van der Waals surface area (Å²) in [5, 5.41) is 7.94. The number of hydrogen-bond acceptors (Lipinski definition) is 2. The highest BCUT2D eigenvalue weighted by atomic mass is 15.3. The maximum absolute atomic E-state index is 4.53. The Morgan fingerprint density at radius 3 is 2.68 bits per heavy atom. The Labute approximate surface area is 115 Å². The summed E-state index contributed by atoms with van der Waals surface area (Å²) in [4.78, 5) is 0. The second-order valence-corrected chi connectivity index (χ2v) is 5.07. The average Bonchev–Trinajstić information content (AvgIpc) is 2.77. The maximum Gasteiger partial charge on any atom is 0.0625 e. The SMILES string of the molecule is CCc1cc(C(Cc2cccc(C)c2)NC)n(C)n1. The van der Waals surface area contributed by atoms with Gasteiger partial charge >= 0.3 is 0 Å². The van der Waals surface area contributed by atoms with Gasteiger partial charge in [-0.3, -0.25) is 4.68 Å². The van der Waals surface area contributed by atoms with Crippen LogP contribution in [0.5, 0.6) is 0 Å². The second-order valence-electron chi connectivity index (χ2n) is 5.07. The third kappa shape index (κ3) is 3.24. The van der Waals surface area contributed by atoms with Crippen molar-refractivity contribution in [3.05, 3.63) is 52.8 Å². The lowest BCUT2D eigenvalue weighted by atomic mass is 10.0. The molecular weight excluding hydrogens is 234 g/mol. The molecule has 102 valence electrons. The smallest absolute Gasteiger partial charge is 0.0625 e. The Bertz CT molecular complexity index is 543. The van der Waals surface area contributed by atoms with Crippen molar-refractivity contribution in [3.63, 3.8) is 0 Å². The Balaban J connectivity index is 2.22. The van der Waals surface area contributed by atoms with E-state index in [1.165, 1.54) is 16.8 Å². The van der Waals surface area contributed by atoms with E-state index in [4.69, 9.17) is 0 Å². The molecular formula is C16H23N3. The van der Waals surface area contributed by atoms with Gasteiger partial charge in [0.2, 0.25) is 0 Å². The van der Waals surface area contributed by atoms with Crippen LogP contribution in [-0.2, 0) is 19.9 Å². The molecule has 0 bridgehead atoms. The molecule has 0 fully saturated rings. The second kappa shape index (κ2) is 6.02. The first-order chi connectivity index (χ1) is 9.13. The van der Waals surface area contributed by atoms with Crippen molar-refractivity contribution >= 4 is 0 Å². The number of nitrogens with one attached hydrogen (secondary N) is 1. The molecule has 0 amide bonds. The summed E-state index contributed by atoms with van der Waals surface area (Å²) in [6, 6.07) is 11.2. The molecule has 19 heavy (non-hydrogen) atoms. The molecule has 2 aromatic rings. The van der Waals surface area contributed by atoms with Gasteiger partial charge in [-0.1, -0.05) is 36.8 Å². The molecule has 0 aliphatic rings. The average molecular weight is 257 g/mol. The van der Waals surface area contributed by atoms with Crippen LogP contribution in [0, 0.1) is 6.92 Å². The first-order valence-electron chi connectivity index (χ1n) is 6.89. The highest BCUT2D eigenvalue weighted by Crippen LogP contribution is 2.19. The Hall–Kier alpha value is -1.61.